The molecule has 0 N–H and O–H groups in total. The van der Waals surface area contributed by atoms with Gasteiger partial charge in [0.1, 0.15) is 0 Å². The van der Waals surface area contributed by atoms with Gasteiger partial charge in [-0.25, -0.2) is 12.1 Å². The Morgan fingerprint density at radius 3 is 1.30 bits per heavy atom. The second-order valence-corrected chi connectivity index (χ2v) is 15.4. The van der Waals surface area contributed by atoms with Crippen molar-refractivity contribution in [3.05, 3.63) is 48.5 Å². The van der Waals surface area contributed by atoms with E-state index in [2.05, 4.69) is 45.9 Å². The second-order valence-electron chi connectivity index (χ2n) is 10.5. The minimum atomic E-state index is 0. The molecule has 0 aliphatic heterocycles. The third-order valence-electron chi connectivity index (χ3n) is 7.13. The summed E-state index contributed by atoms with van der Waals surface area (Å²) in [4.78, 5) is 0. The molecule has 0 radical (unpaired) electrons. The Balaban J connectivity index is 0.00000192. The van der Waals surface area contributed by atoms with Crippen LogP contribution in [0.3, 0.4) is 0 Å². The second kappa shape index (κ2) is 27.7. The van der Waals surface area contributed by atoms with Gasteiger partial charge >= 0.3 is 0 Å². The summed E-state index contributed by atoms with van der Waals surface area (Å²) in [6.45, 7) is 9.36. The van der Waals surface area contributed by atoms with Crippen LogP contribution in [0, 0.1) is 0 Å². The van der Waals surface area contributed by atoms with Crippen LogP contribution in [0.1, 0.15) is 130 Å². The van der Waals surface area contributed by atoms with Crippen LogP contribution in [0.25, 0.3) is 0 Å². The van der Waals surface area contributed by atoms with Gasteiger partial charge in [-0.05, 0) is 50.3 Å². The predicted octanol–water partition coefficient (Wildman–Crippen LogP) is 11.3. The topological polar surface area (TPSA) is 0 Å². The molecule has 0 nitrogen and oxygen atoms in total. The Bertz CT molecular complexity index is 579. The number of unbranched alkanes of at least 4 members (excludes halogenated alkanes) is 12. The summed E-state index contributed by atoms with van der Waals surface area (Å²) in [5.74, 6) is 0. The molecule has 0 atom stereocenters. The van der Waals surface area contributed by atoms with Gasteiger partial charge in [-0.2, -0.15) is 6.07 Å². The Morgan fingerprint density at radius 1 is 0.541 bits per heavy atom. The molecule has 37 heavy (non-hydrogen) atoms. The van der Waals surface area contributed by atoms with Crippen LogP contribution in [0.5, 0.6) is 0 Å². The minimum Gasteiger partial charge on any atom is -0.748 e. The van der Waals surface area contributed by atoms with Gasteiger partial charge in [0.25, 0.3) is 0 Å². The van der Waals surface area contributed by atoms with Gasteiger partial charge in [-0.15, -0.1) is 26.5 Å². The van der Waals surface area contributed by atoms with E-state index < -0.39 is 0 Å². The van der Waals surface area contributed by atoms with Gasteiger partial charge in [-0.1, -0.05) is 105 Å². The Morgan fingerprint density at radius 2 is 0.919 bits per heavy atom. The van der Waals surface area contributed by atoms with E-state index >= 15 is 0 Å². The van der Waals surface area contributed by atoms with Gasteiger partial charge in [-0.3, -0.25) is 0 Å². The first-order valence-corrected chi connectivity index (χ1v) is 19.1. The summed E-state index contributed by atoms with van der Waals surface area (Å²) in [5.41, 5.74) is 0. The Labute approximate surface area is 246 Å². The molecule has 0 aliphatic rings. The van der Waals surface area contributed by atoms with Crippen molar-refractivity contribution in [2.45, 2.75) is 130 Å². The minimum absolute atomic E-state index is 0. The van der Waals surface area contributed by atoms with E-state index in [0.29, 0.717) is 0 Å². The van der Waals surface area contributed by atoms with Gasteiger partial charge in [0.15, 0.2) is 0 Å². The normalized spacial score (nSPS) is 11.0. The number of rotatable bonds is 22. The molecule has 0 spiro atoms. The Hall–Kier alpha value is 0.0925. The maximum absolute atomic E-state index is 2.56. The number of hydrogen-bond donors (Lipinski definition) is 0. The molecule has 0 amide bonds. The molecule has 0 bridgehead atoms. The molecule has 0 aliphatic carbocycles. The van der Waals surface area contributed by atoms with E-state index in [4.69, 9.17) is 0 Å². The molecule has 218 valence electrons. The zero-order valence-corrected chi connectivity index (χ0v) is 28.1. The SMILES string of the molecule is CCCCCCP(CCCCCC)c1ccc[c-]1P(CCCCCC)CCCCCC.[Cr].[cH-]1[cH-][cH-][cH-][cH-]1. The fraction of sp³-hybridized carbons (Fsp3) is 0.706. The molecular weight excluding hydrogens is 522 g/mol. The van der Waals surface area contributed by atoms with E-state index in [1.165, 1.54) is 127 Å². The maximum atomic E-state index is 2.56. The predicted molar refractivity (Wildman–Crippen MR) is 173 cm³/mol. The molecule has 0 unspecified atom stereocenters. The van der Waals surface area contributed by atoms with Crippen molar-refractivity contribution in [1.82, 2.24) is 0 Å². The summed E-state index contributed by atoms with van der Waals surface area (Å²) in [5, 5.41) is 3.69. The van der Waals surface area contributed by atoms with Crippen molar-refractivity contribution in [2.24, 2.45) is 0 Å². The molecule has 0 aromatic heterocycles. The van der Waals surface area contributed by atoms with Gasteiger partial charge < -0.3 is 30.3 Å². The van der Waals surface area contributed by atoms with Crippen LogP contribution in [0.4, 0.5) is 0 Å². The Kier molecular flexibility index (Phi) is 27.7. The molecule has 0 heterocycles. The first kappa shape index (κ1) is 37.1. The molecule has 2 rings (SSSR count). The maximum Gasteiger partial charge on any atom is 0 e. The molecule has 2 aromatic rings. The summed E-state index contributed by atoms with van der Waals surface area (Å²) >= 11 is 0. The van der Waals surface area contributed by atoms with E-state index in [0.717, 1.165) is 0 Å². The smallest absolute Gasteiger partial charge is 0 e. The molecule has 0 saturated carbocycles. The monoisotopic (exact) mass is 582 g/mol. The largest absolute Gasteiger partial charge is 0.748 e. The third kappa shape index (κ3) is 18.9. The van der Waals surface area contributed by atoms with E-state index in [1.807, 2.05) is 40.9 Å². The molecule has 2 aromatic carbocycles. The molecule has 3 heteroatoms. The summed E-state index contributed by atoms with van der Waals surface area (Å²) in [7, 11) is 0.135. The summed E-state index contributed by atoms with van der Waals surface area (Å²) < 4.78 is 0. The van der Waals surface area contributed by atoms with Crippen molar-refractivity contribution in [3.8, 4) is 0 Å². The van der Waals surface area contributed by atoms with E-state index in [-0.39, 0.29) is 33.2 Å². The van der Waals surface area contributed by atoms with Crippen LogP contribution < -0.4 is 10.6 Å². The van der Waals surface area contributed by atoms with Gasteiger partial charge in [0, 0.05) is 17.4 Å². The molecular formula is C34H60CrP2-6. The van der Waals surface area contributed by atoms with E-state index in [1.54, 1.807) is 0 Å². The van der Waals surface area contributed by atoms with Crippen molar-refractivity contribution in [3.63, 3.8) is 0 Å². The number of hydrogen-bond acceptors (Lipinski definition) is 0. The van der Waals surface area contributed by atoms with Crippen LogP contribution in [0.15, 0.2) is 48.5 Å². The first-order valence-electron chi connectivity index (χ1n) is 15.7. The van der Waals surface area contributed by atoms with Crippen molar-refractivity contribution >= 4 is 26.5 Å². The van der Waals surface area contributed by atoms with E-state index in [9.17, 15) is 0 Å². The van der Waals surface area contributed by atoms with Crippen LogP contribution >= 0.6 is 15.8 Å². The van der Waals surface area contributed by atoms with Crippen LogP contribution in [-0.2, 0) is 17.4 Å². The van der Waals surface area contributed by atoms with Crippen molar-refractivity contribution in [1.29, 1.82) is 0 Å². The van der Waals surface area contributed by atoms with Gasteiger partial charge in [0.2, 0.25) is 0 Å². The first-order chi connectivity index (χ1) is 17.8. The average molecular weight is 583 g/mol. The standard InChI is InChI=1S/C29H55P2.C5H5.Cr/c1-5-9-13-17-24-30(25-18-14-10-6-2)28-22-21-23-29(28)31(26-19-15-11-7-3)27-20-16-12-8-4;1-2-4-5-3-1;/h21-23H,5-20,24-27H2,1-4H3;1-5H;/q-1;-5;. The van der Waals surface area contributed by atoms with Gasteiger partial charge in [0.05, 0.1) is 0 Å². The third-order valence-corrected chi connectivity index (χ3v) is 12.9. The molecule has 0 fully saturated rings. The fourth-order valence-electron chi connectivity index (χ4n) is 4.88. The quantitative estimate of drug-likeness (QED) is 0.0736. The summed E-state index contributed by atoms with van der Waals surface area (Å²) in [6, 6.07) is 17.5. The zero-order chi connectivity index (χ0) is 26.1. The van der Waals surface area contributed by atoms with Crippen molar-refractivity contribution in [2.75, 3.05) is 24.6 Å². The molecule has 0 saturated heterocycles. The van der Waals surface area contributed by atoms with Crippen molar-refractivity contribution < 1.29 is 17.4 Å². The average Bonchev–Trinajstić information content (AvgIpc) is 3.63. The van der Waals surface area contributed by atoms with Crippen LogP contribution in [0.2, 0.25) is 0 Å². The van der Waals surface area contributed by atoms with Crippen LogP contribution in [-0.4, -0.2) is 24.6 Å². The summed E-state index contributed by atoms with van der Waals surface area (Å²) in [6.07, 6.45) is 28.7. The zero-order valence-electron chi connectivity index (χ0n) is 25.1. The fourth-order valence-corrected chi connectivity index (χ4v) is 11.0.